The van der Waals surface area contributed by atoms with Gasteiger partial charge in [0.15, 0.2) is 0 Å². The quantitative estimate of drug-likeness (QED) is 0.670. The van der Waals surface area contributed by atoms with Crippen molar-refractivity contribution in [2.75, 3.05) is 6.54 Å². The van der Waals surface area contributed by atoms with Crippen LogP contribution < -0.4 is 5.32 Å². The van der Waals surface area contributed by atoms with Gasteiger partial charge in [0.05, 0.1) is 5.92 Å². The van der Waals surface area contributed by atoms with E-state index in [0.717, 1.165) is 6.42 Å². The zero-order valence-electron chi connectivity index (χ0n) is 9.48. The average Bonchev–Trinajstić information content (AvgIpc) is 2.47. The van der Waals surface area contributed by atoms with Gasteiger partial charge in [-0.3, -0.25) is 4.79 Å². The third-order valence-electron chi connectivity index (χ3n) is 2.70. The van der Waals surface area contributed by atoms with Crippen LogP contribution in [0.5, 0.6) is 0 Å². The van der Waals surface area contributed by atoms with E-state index in [0.29, 0.717) is 6.54 Å². The van der Waals surface area contributed by atoms with E-state index in [4.69, 9.17) is 0 Å². The summed E-state index contributed by atoms with van der Waals surface area (Å²) in [6.07, 6.45) is 3.10. The highest BCUT2D eigenvalue weighted by atomic mass is 16.1. The molecule has 0 aliphatic heterocycles. The van der Waals surface area contributed by atoms with Crippen molar-refractivity contribution in [3.8, 4) is 0 Å². The van der Waals surface area contributed by atoms with Crippen LogP contribution in [0.2, 0.25) is 0 Å². The number of amides is 1. The lowest BCUT2D eigenvalue weighted by molar-refractivity contribution is -0.122. The fourth-order valence-electron chi connectivity index (χ4n) is 1.92. The monoisotopic (exact) mass is 193 g/mol. The normalized spacial score (nSPS) is 20.7. The summed E-state index contributed by atoms with van der Waals surface area (Å²) in [6.45, 7) is 8.85. The molecule has 0 aromatic carbocycles. The van der Waals surface area contributed by atoms with Crippen LogP contribution >= 0.6 is 0 Å². The maximum atomic E-state index is 11.8. The lowest BCUT2D eigenvalue weighted by atomic mass is 9.93. The maximum absolute atomic E-state index is 11.8. The Hall–Kier alpha value is -1.05. The predicted molar refractivity (Wildman–Crippen MR) is 58.9 cm³/mol. The van der Waals surface area contributed by atoms with Crippen molar-refractivity contribution in [2.24, 2.45) is 5.92 Å². The average molecular weight is 193 g/mol. The molecule has 0 aromatic rings. The zero-order chi connectivity index (χ0) is 10.7. The van der Waals surface area contributed by atoms with Gasteiger partial charge in [-0.2, -0.15) is 0 Å². The van der Waals surface area contributed by atoms with Crippen LogP contribution in [0.25, 0.3) is 0 Å². The second-order valence-corrected chi connectivity index (χ2v) is 4.01. The van der Waals surface area contributed by atoms with Crippen molar-refractivity contribution < 1.29 is 4.79 Å². The summed E-state index contributed by atoms with van der Waals surface area (Å²) in [5.74, 6) is 0.148. The number of hydrogen-bond acceptors (Lipinski definition) is 1. The number of rotatable bonds is 2. The summed E-state index contributed by atoms with van der Waals surface area (Å²) in [5, 5.41) is 2.89. The number of allylic oxidation sites excluding steroid dienone is 2. The van der Waals surface area contributed by atoms with Crippen molar-refractivity contribution in [3.63, 3.8) is 0 Å². The van der Waals surface area contributed by atoms with Gasteiger partial charge in [-0.25, -0.2) is 0 Å². The summed E-state index contributed by atoms with van der Waals surface area (Å²) in [6, 6.07) is 0. The Morgan fingerprint density at radius 1 is 1.57 bits per heavy atom. The third-order valence-corrected chi connectivity index (χ3v) is 2.70. The second kappa shape index (κ2) is 4.45. The summed E-state index contributed by atoms with van der Waals surface area (Å²) < 4.78 is 0. The van der Waals surface area contributed by atoms with Crippen molar-refractivity contribution in [2.45, 2.75) is 34.1 Å². The Balaban J connectivity index is 2.88. The molecule has 0 bridgehead atoms. The van der Waals surface area contributed by atoms with E-state index in [1.807, 2.05) is 13.8 Å². The molecular weight excluding hydrogens is 174 g/mol. The molecule has 0 saturated carbocycles. The minimum atomic E-state index is -0.0000463. The van der Waals surface area contributed by atoms with E-state index in [1.54, 1.807) is 0 Å². The predicted octanol–water partition coefficient (Wildman–Crippen LogP) is 2.43. The van der Waals surface area contributed by atoms with E-state index >= 15 is 0 Å². The maximum Gasteiger partial charge on any atom is 0.231 e. The van der Waals surface area contributed by atoms with Crippen LogP contribution in [0.15, 0.2) is 22.8 Å². The van der Waals surface area contributed by atoms with Crippen molar-refractivity contribution in [1.82, 2.24) is 5.32 Å². The molecule has 1 rings (SSSR count). The standard InChI is InChI=1S/C12H19NO/c1-5-13-12(14)11-9(4)6-7-10(11)8(2)3/h6,11H,5,7H2,1-4H3,(H,13,14). The fraction of sp³-hybridized carbons (Fsp3) is 0.583. The number of carbonyl (C=O) groups excluding carboxylic acids is 1. The number of carbonyl (C=O) groups is 1. The summed E-state index contributed by atoms with van der Waals surface area (Å²) in [5.41, 5.74) is 3.73. The summed E-state index contributed by atoms with van der Waals surface area (Å²) in [4.78, 5) is 11.8. The molecule has 2 heteroatoms. The minimum Gasteiger partial charge on any atom is -0.356 e. The fourth-order valence-corrected chi connectivity index (χ4v) is 1.92. The molecule has 1 aliphatic rings. The summed E-state index contributed by atoms with van der Waals surface area (Å²) in [7, 11) is 0. The Labute approximate surface area is 86.1 Å². The van der Waals surface area contributed by atoms with Gasteiger partial charge in [-0.05, 0) is 34.1 Å². The molecular formula is C12H19NO. The molecule has 0 fully saturated rings. The van der Waals surface area contributed by atoms with E-state index < -0.39 is 0 Å². The highest BCUT2D eigenvalue weighted by Gasteiger charge is 2.28. The van der Waals surface area contributed by atoms with Gasteiger partial charge in [0.25, 0.3) is 0 Å². The van der Waals surface area contributed by atoms with E-state index in [2.05, 4.69) is 25.2 Å². The lowest BCUT2D eigenvalue weighted by Gasteiger charge is -2.15. The molecule has 2 nitrogen and oxygen atoms in total. The first-order chi connectivity index (χ1) is 6.57. The highest BCUT2D eigenvalue weighted by molar-refractivity contribution is 5.85. The van der Waals surface area contributed by atoms with Crippen LogP contribution in [0.1, 0.15) is 34.1 Å². The van der Waals surface area contributed by atoms with Crippen molar-refractivity contribution in [3.05, 3.63) is 22.8 Å². The first kappa shape index (κ1) is 11.0. The molecule has 0 saturated heterocycles. The van der Waals surface area contributed by atoms with Gasteiger partial charge in [0, 0.05) is 6.54 Å². The Bertz CT molecular complexity index is 295. The molecule has 1 aliphatic carbocycles. The van der Waals surface area contributed by atoms with Gasteiger partial charge in [0.2, 0.25) is 5.91 Å². The molecule has 0 heterocycles. The Morgan fingerprint density at radius 2 is 2.21 bits per heavy atom. The van der Waals surface area contributed by atoms with Crippen LogP contribution in [0.4, 0.5) is 0 Å². The molecule has 0 aromatic heterocycles. The Morgan fingerprint density at radius 3 is 2.71 bits per heavy atom. The van der Waals surface area contributed by atoms with Crippen LogP contribution in [0.3, 0.4) is 0 Å². The molecule has 1 atom stereocenters. The van der Waals surface area contributed by atoms with Gasteiger partial charge in [-0.15, -0.1) is 0 Å². The molecule has 1 amide bonds. The van der Waals surface area contributed by atoms with E-state index in [-0.39, 0.29) is 11.8 Å². The molecule has 1 unspecified atom stereocenters. The molecule has 0 spiro atoms. The Kier molecular flexibility index (Phi) is 3.50. The second-order valence-electron chi connectivity index (χ2n) is 4.01. The van der Waals surface area contributed by atoms with E-state index in [1.165, 1.54) is 16.7 Å². The molecule has 0 radical (unpaired) electrons. The van der Waals surface area contributed by atoms with Crippen molar-refractivity contribution in [1.29, 1.82) is 0 Å². The SMILES string of the molecule is CCNC(=O)C1C(C)=CCC1=C(C)C. The summed E-state index contributed by atoms with van der Waals surface area (Å²) >= 11 is 0. The van der Waals surface area contributed by atoms with Crippen LogP contribution in [0, 0.1) is 5.92 Å². The largest absolute Gasteiger partial charge is 0.356 e. The van der Waals surface area contributed by atoms with Gasteiger partial charge in [0.1, 0.15) is 0 Å². The lowest BCUT2D eigenvalue weighted by Crippen LogP contribution is -2.31. The smallest absolute Gasteiger partial charge is 0.231 e. The van der Waals surface area contributed by atoms with Gasteiger partial charge in [-0.1, -0.05) is 22.8 Å². The third kappa shape index (κ3) is 2.06. The topological polar surface area (TPSA) is 29.1 Å². The van der Waals surface area contributed by atoms with Crippen LogP contribution in [-0.2, 0) is 4.79 Å². The number of hydrogen-bond donors (Lipinski definition) is 1. The molecule has 78 valence electrons. The minimum absolute atomic E-state index is 0.0000463. The zero-order valence-corrected chi connectivity index (χ0v) is 9.48. The van der Waals surface area contributed by atoms with Crippen molar-refractivity contribution >= 4 is 5.91 Å². The number of nitrogens with one attached hydrogen (secondary N) is 1. The van der Waals surface area contributed by atoms with Gasteiger partial charge >= 0.3 is 0 Å². The molecule has 1 N–H and O–H groups in total. The first-order valence-electron chi connectivity index (χ1n) is 5.18. The molecule has 14 heavy (non-hydrogen) atoms. The first-order valence-corrected chi connectivity index (χ1v) is 5.18. The van der Waals surface area contributed by atoms with Crippen LogP contribution in [-0.4, -0.2) is 12.5 Å². The van der Waals surface area contributed by atoms with Gasteiger partial charge < -0.3 is 5.32 Å². The van der Waals surface area contributed by atoms with E-state index in [9.17, 15) is 4.79 Å². The highest BCUT2D eigenvalue weighted by Crippen LogP contribution is 2.33.